The molecule has 2 aromatic heterocycles. The third-order valence-corrected chi connectivity index (χ3v) is 6.34. The fraction of sp³-hybridized carbons (Fsp3) is 0.529. The van der Waals surface area contributed by atoms with Gasteiger partial charge < -0.3 is 19.5 Å². The van der Waals surface area contributed by atoms with Gasteiger partial charge in [-0.3, -0.25) is 5.32 Å². The van der Waals surface area contributed by atoms with Crippen LogP contribution in [-0.4, -0.2) is 62.3 Å². The molecule has 136 valence electrons. The average molecular weight is 372 g/mol. The summed E-state index contributed by atoms with van der Waals surface area (Å²) < 4.78 is 4.96. The normalized spacial score (nSPS) is 28.8. The Morgan fingerprint density at radius 3 is 3.15 bits per heavy atom. The first kappa shape index (κ1) is 15.8. The molecular weight excluding hydrogens is 352 g/mol. The Morgan fingerprint density at radius 2 is 2.38 bits per heavy atom. The molecule has 3 aliphatic rings. The number of aromatic nitrogens is 3. The second-order valence-corrected chi connectivity index (χ2v) is 7.49. The van der Waals surface area contributed by atoms with Crippen molar-refractivity contribution in [3.8, 4) is 0 Å². The van der Waals surface area contributed by atoms with Crippen LogP contribution in [0.4, 0.5) is 10.6 Å². The first-order chi connectivity index (χ1) is 12.6. The minimum atomic E-state index is -0.477. The Morgan fingerprint density at radius 1 is 1.50 bits per heavy atom. The van der Waals surface area contributed by atoms with Gasteiger partial charge in [-0.1, -0.05) is 0 Å². The predicted octanol–water partition coefficient (Wildman–Crippen LogP) is 1.64. The number of H-pyrrole nitrogens is 1. The molecular formula is C17H20N6O2S. The number of amides is 1. The van der Waals surface area contributed by atoms with E-state index in [1.54, 1.807) is 13.3 Å². The van der Waals surface area contributed by atoms with E-state index >= 15 is 0 Å². The van der Waals surface area contributed by atoms with E-state index in [0.29, 0.717) is 23.7 Å². The van der Waals surface area contributed by atoms with E-state index in [2.05, 4.69) is 30.1 Å². The van der Waals surface area contributed by atoms with Gasteiger partial charge in [0.25, 0.3) is 0 Å². The SMILES string of the molecule is CCOC(=O)NC(=S)N1C2CN(c3ncnc4[nH]ccc34)CC3CCC321. The Labute approximate surface area is 155 Å². The van der Waals surface area contributed by atoms with Crippen LogP contribution in [0.1, 0.15) is 19.8 Å². The zero-order valence-corrected chi connectivity index (χ0v) is 15.3. The van der Waals surface area contributed by atoms with Crippen LogP contribution >= 0.6 is 12.2 Å². The van der Waals surface area contributed by atoms with Crippen molar-refractivity contribution in [3.05, 3.63) is 18.6 Å². The fourth-order valence-corrected chi connectivity index (χ4v) is 5.16. The molecule has 0 radical (unpaired) electrons. The lowest BCUT2D eigenvalue weighted by Gasteiger charge is -2.44. The van der Waals surface area contributed by atoms with Gasteiger partial charge in [0.1, 0.15) is 17.8 Å². The average Bonchev–Trinajstić information content (AvgIpc) is 3.07. The summed E-state index contributed by atoms with van der Waals surface area (Å²) in [6.07, 6.45) is 5.32. The number of alkyl carbamates (subject to hydrolysis) is 1. The molecule has 0 aromatic carbocycles. The number of carbonyl (C=O) groups excluding carboxylic acids is 1. The van der Waals surface area contributed by atoms with Gasteiger partial charge in [-0.05, 0) is 38.0 Å². The quantitative estimate of drug-likeness (QED) is 0.612. The topological polar surface area (TPSA) is 86.2 Å². The van der Waals surface area contributed by atoms with E-state index in [-0.39, 0.29) is 5.54 Å². The second-order valence-electron chi connectivity index (χ2n) is 7.11. The van der Waals surface area contributed by atoms with E-state index in [1.165, 1.54) is 6.42 Å². The molecule has 3 unspecified atom stereocenters. The third kappa shape index (κ3) is 2.06. The van der Waals surface area contributed by atoms with Crippen molar-refractivity contribution in [2.24, 2.45) is 5.92 Å². The molecule has 3 fully saturated rings. The summed E-state index contributed by atoms with van der Waals surface area (Å²) >= 11 is 5.49. The van der Waals surface area contributed by atoms with Crippen LogP contribution in [0.15, 0.2) is 18.6 Å². The first-order valence-corrected chi connectivity index (χ1v) is 9.36. The smallest absolute Gasteiger partial charge is 0.413 e. The molecule has 2 N–H and O–H groups in total. The number of nitrogens with zero attached hydrogens (tertiary/aromatic N) is 4. The van der Waals surface area contributed by atoms with Crippen molar-refractivity contribution in [1.82, 2.24) is 25.2 Å². The molecule has 2 saturated heterocycles. The second kappa shape index (κ2) is 5.54. The molecule has 1 amide bonds. The number of hydrogen-bond acceptors (Lipinski definition) is 6. The van der Waals surface area contributed by atoms with E-state index in [1.807, 2.05) is 12.3 Å². The van der Waals surface area contributed by atoms with E-state index in [0.717, 1.165) is 36.4 Å². The predicted molar refractivity (Wildman–Crippen MR) is 99.9 cm³/mol. The third-order valence-electron chi connectivity index (χ3n) is 6.04. The minimum Gasteiger partial charge on any atom is -0.450 e. The van der Waals surface area contributed by atoms with Gasteiger partial charge in [0.2, 0.25) is 0 Å². The lowest BCUT2D eigenvalue weighted by atomic mass is 9.68. The van der Waals surface area contributed by atoms with Crippen molar-refractivity contribution >= 4 is 40.3 Å². The van der Waals surface area contributed by atoms with Crippen LogP contribution in [0.5, 0.6) is 0 Å². The highest BCUT2D eigenvalue weighted by molar-refractivity contribution is 7.80. The number of anilines is 1. The zero-order valence-electron chi connectivity index (χ0n) is 14.4. The molecule has 9 heteroatoms. The maximum absolute atomic E-state index is 11.7. The number of aromatic amines is 1. The van der Waals surface area contributed by atoms with Gasteiger partial charge in [0.15, 0.2) is 5.11 Å². The Balaban J connectivity index is 1.37. The fourth-order valence-electron chi connectivity index (χ4n) is 4.78. The Bertz CT molecular complexity index is 900. The van der Waals surface area contributed by atoms with E-state index in [4.69, 9.17) is 17.0 Å². The molecule has 2 aliphatic heterocycles. The van der Waals surface area contributed by atoms with Gasteiger partial charge >= 0.3 is 6.09 Å². The van der Waals surface area contributed by atoms with Crippen LogP contribution < -0.4 is 10.2 Å². The van der Waals surface area contributed by atoms with Crippen LogP contribution in [0.3, 0.4) is 0 Å². The van der Waals surface area contributed by atoms with Crippen LogP contribution in [0, 0.1) is 5.92 Å². The number of rotatable bonds is 2. The van der Waals surface area contributed by atoms with Gasteiger partial charge in [0.05, 0.1) is 23.6 Å². The number of fused-ring (bicyclic) bond motifs is 1. The zero-order chi connectivity index (χ0) is 17.9. The number of hydrogen-bond donors (Lipinski definition) is 2. The summed E-state index contributed by atoms with van der Waals surface area (Å²) in [6.45, 7) is 3.91. The standard InChI is InChI=1S/C17H20N6O2S/c1-2-25-16(24)21-15(26)23-12-8-22(7-10-3-5-17(10,12)23)14-11-4-6-18-13(11)19-9-20-14/h4,6,9-10,12H,2-3,5,7-8H2,1H3,(H,18,19,20)(H,21,24,26). The van der Waals surface area contributed by atoms with Crippen molar-refractivity contribution in [3.63, 3.8) is 0 Å². The number of nitrogens with one attached hydrogen (secondary N) is 2. The lowest BCUT2D eigenvalue weighted by Crippen LogP contribution is -2.53. The van der Waals surface area contributed by atoms with Crippen molar-refractivity contribution in [2.75, 3.05) is 24.6 Å². The summed E-state index contributed by atoms with van der Waals surface area (Å²) in [5, 5.41) is 4.23. The minimum absolute atomic E-state index is 0.122. The molecule has 8 nitrogen and oxygen atoms in total. The van der Waals surface area contributed by atoms with Crippen LogP contribution in [-0.2, 0) is 4.74 Å². The monoisotopic (exact) mass is 372 g/mol. The van der Waals surface area contributed by atoms with Crippen LogP contribution in [0.2, 0.25) is 0 Å². The Hall–Kier alpha value is -2.42. The highest BCUT2D eigenvalue weighted by Gasteiger charge is 2.74. The van der Waals surface area contributed by atoms with Gasteiger partial charge in [-0.25, -0.2) is 14.8 Å². The molecule has 5 rings (SSSR count). The largest absolute Gasteiger partial charge is 0.450 e. The van der Waals surface area contributed by atoms with E-state index < -0.39 is 6.09 Å². The first-order valence-electron chi connectivity index (χ1n) is 8.95. The highest BCUT2D eigenvalue weighted by atomic mass is 32.1. The molecule has 4 heterocycles. The summed E-state index contributed by atoms with van der Waals surface area (Å²) in [7, 11) is 0. The molecule has 0 bridgehead atoms. The van der Waals surface area contributed by atoms with Crippen molar-refractivity contribution in [1.29, 1.82) is 0 Å². The van der Waals surface area contributed by atoms with Gasteiger partial charge in [0, 0.05) is 25.2 Å². The molecule has 1 aliphatic carbocycles. The Kier molecular flexibility index (Phi) is 3.37. The van der Waals surface area contributed by atoms with Crippen molar-refractivity contribution < 1.29 is 9.53 Å². The molecule has 1 saturated carbocycles. The molecule has 2 aromatic rings. The van der Waals surface area contributed by atoms with Gasteiger partial charge in [-0.15, -0.1) is 0 Å². The maximum Gasteiger partial charge on any atom is 0.413 e. The lowest BCUT2D eigenvalue weighted by molar-refractivity contribution is 0.155. The molecule has 26 heavy (non-hydrogen) atoms. The summed E-state index contributed by atoms with van der Waals surface area (Å²) in [6, 6.07) is 2.33. The highest BCUT2D eigenvalue weighted by Crippen LogP contribution is 2.61. The summed E-state index contributed by atoms with van der Waals surface area (Å²) in [4.78, 5) is 28.2. The summed E-state index contributed by atoms with van der Waals surface area (Å²) in [5.41, 5.74) is 0.977. The maximum atomic E-state index is 11.7. The number of thiocarbonyl (C=S) groups is 1. The number of piperidine rings is 1. The number of carbonyl (C=O) groups is 1. The van der Waals surface area contributed by atoms with Crippen molar-refractivity contribution in [2.45, 2.75) is 31.3 Å². The molecule has 3 atom stereocenters. The summed E-state index contributed by atoms with van der Waals surface area (Å²) in [5.74, 6) is 1.50. The van der Waals surface area contributed by atoms with E-state index in [9.17, 15) is 4.79 Å². The number of ether oxygens (including phenoxy) is 1. The van der Waals surface area contributed by atoms with Crippen LogP contribution in [0.25, 0.3) is 11.0 Å². The molecule has 1 spiro atoms. The van der Waals surface area contributed by atoms with Gasteiger partial charge in [-0.2, -0.15) is 0 Å².